The summed E-state index contributed by atoms with van der Waals surface area (Å²) >= 11 is 4.84. The summed E-state index contributed by atoms with van der Waals surface area (Å²) in [7, 11) is 0. The Hall–Kier alpha value is -1.54. The number of benzene rings is 1. The van der Waals surface area contributed by atoms with Crippen LogP contribution in [0.4, 0.5) is 5.69 Å². The number of halogens is 1. The molecule has 6 nitrogen and oxygen atoms in total. The molecule has 3 amide bonds. The third-order valence-electron chi connectivity index (χ3n) is 4.16. The molecule has 2 fully saturated rings. The van der Waals surface area contributed by atoms with Crippen LogP contribution < -0.4 is 10.6 Å². The molecule has 0 radical (unpaired) electrons. The number of thioether (sulfide) groups is 1. The Labute approximate surface area is 146 Å². The monoisotopic (exact) mass is 397 g/mol. The molecule has 23 heavy (non-hydrogen) atoms. The van der Waals surface area contributed by atoms with Crippen molar-refractivity contribution < 1.29 is 14.4 Å². The molecule has 2 bridgehead atoms. The van der Waals surface area contributed by atoms with E-state index in [9.17, 15) is 14.4 Å². The van der Waals surface area contributed by atoms with E-state index < -0.39 is 17.9 Å². The number of piperazine rings is 1. The van der Waals surface area contributed by atoms with E-state index in [1.165, 1.54) is 16.7 Å². The SMILES string of the molecule is CSc1ccc(Br)cc1NC(=O)C(=O)N1C2CCC1C(=O)NC2. The summed E-state index contributed by atoms with van der Waals surface area (Å²) in [6.07, 6.45) is 3.26. The maximum absolute atomic E-state index is 12.5. The first kappa shape index (κ1) is 16.3. The van der Waals surface area contributed by atoms with Crippen molar-refractivity contribution in [1.29, 1.82) is 0 Å². The normalized spacial score (nSPS) is 22.7. The predicted molar refractivity (Wildman–Crippen MR) is 91.2 cm³/mol. The average Bonchev–Trinajstić information content (AvgIpc) is 2.87. The predicted octanol–water partition coefficient (Wildman–Crippen LogP) is 1.60. The molecular weight excluding hydrogens is 382 g/mol. The Morgan fingerprint density at radius 1 is 1.39 bits per heavy atom. The lowest BCUT2D eigenvalue weighted by Gasteiger charge is -2.33. The first-order valence-electron chi connectivity index (χ1n) is 7.26. The summed E-state index contributed by atoms with van der Waals surface area (Å²) in [6, 6.07) is 4.90. The Balaban J connectivity index is 1.77. The van der Waals surface area contributed by atoms with Crippen LogP contribution in [-0.4, -0.2) is 47.5 Å². The number of fused-ring (bicyclic) bond motifs is 2. The summed E-state index contributed by atoms with van der Waals surface area (Å²) in [5.74, 6) is -1.52. The third-order valence-corrected chi connectivity index (χ3v) is 5.44. The van der Waals surface area contributed by atoms with Gasteiger partial charge in [0.15, 0.2) is 0 Å². The molecule has 0 aliphatic carbocycles. The molecule has 2 atom stereocenters. The van der Waals surface area contributed by atoms with Crippen molar-refractivity contribution in [1.82, 2.24) is 10.2 Å². The van der Waals surface area contributed by atoms with Crippen molar-refractivity contribution in [2.45, 2.75) is 29.8 Å². The number of rotatable bonds is 2. The first-order valence-corrected chi connectivity index (χ1v) is 9.28. The van der Waals surface area contributed by atoms with Crippen LogP contribution in [0.5, 0.6) is 0 Å². The highest BCUT2D eigenvalue weighted by Crippen LogP contribution is 2.30. The van der Waals surface area contributed by atoms with Gasteiger partial charge < -0.3 is 15.5 Å². The van der Waals surface area contributed by atoms with Gasteiger partial charge in [0.25, 0.3) is 0 Å². The molecule has 1 aromatic rings. The molecule has 2 unspecified atom stereocenters. The van der Waals surface area contributed by atoms with Crippen LogP contribution in [0.1, 0.15) is 12.8 Å². The Bertz CT molecular complexity index is 682. The molecule has 0 aromatic heterocycles. The zero-order valence-electron chi connectivity index (χ0n) is 12.5. The van der Waals surface area contributed by atoms with E-state index in [4.69, 9.17) is 0 Å². The highest BCUT2D eigenvalue weighted by Gasteiger charge is 2.46. The van der Waals surface area contributed by atoms with Crippen LogP contribution in [0.2, 0.25) is 0 Å². The topological polar surface area (TPSA) is 78.5 Å². The van der Waals surface area contributed by atoms with Crippen molar-refractivity contribution in [3.63, 3.8) is 0 Å². The minimum atomic E-state index is -0.704. The van der Waals surface area contributed by atoms with E-state index >= 15 is 0 Å². The molecular formula is C15H16BrN3O3S. The number of anilines is 1. The van der Waals surface area contributed by atoms with Gasteiger partial charge in [-0.2, -0.15) is 0 Å². The van der Waals surface area contributed by atoms with Gasteiger partial charge in [0, 0.05) is 15.9 Å². The average molecular weight is 398 g/mol. The molecule has 0 spiro atoms. The Morgan fingerprint density at radius 2 is 2.17 bits per heavy atom. The van der Waals surface area contributed by atoms with Gasteiger partial charge in [-0.3, -0.25) is 14.4 Å². The fraction of sp³-hybridized carbons (Fsp3) is 0.400. The summed E-state index contributed by atoms with van der Waals surface area (Å²) in [5.41, 5.74) is 0.582. The smallest absolute Gasteiger partial charge is 0.313 e. The van der Waals surface area contributed by atoms with Gasteiger partial charge in [-0.15, -0.1) is 11.8 Å². The maximum atomic E-state index is 12.5. The molecule has 2 saturated heterocycles. The molecule has 8 heteroatoms. The summed E-state index contributed by atoms with van der Waals surface area (Å²) in [6.45, 7) is 0.418. The lowest BCUT2D eigenvalue weighted by Crippen LogP contribution is -2.59. The second kappa shape index (κ2) is 6.52. The minimum absolute atomic E-state index is 0.0847. The fourth-order valence-electron chi connectivity index (χ4n) is 3.06. The van der Waals surface area contributed by atoms with Gasteiger partial charge in [0.05, 0.1) is 11.7 Å². The van der Waals surface area contributed by atoms with E-state index in [2.05, 4.69) is 26.6 Å². The number of carbonyl (C=O) groups excluding carboxylic acids is 3. The van der Waals surface area contributed by atoms with E-state index in [0.717, 1.165) is 15.8 Å². The van der Waals surface area contributed by atoms with Gasteiger partial charge >= 0.3 is 11.8 Å². The fourth-order valence-corrected chi connectivity index (χ4v) is 3.95. The van der Waals surface area contributed by atoms with E-state index in [-0.39, 0.29) is 11.9 Å². The molecule has 122 valence electrons. The molecule has 2 aliphatic heterocycles. The first-order chi connectivity index (χ1) is 11.0. The highest BCUT2D eigenvalue weighted by molar-refractivity contribution is 9.10. The lowest BCUT2D eigenvalue weighted by molar-refractivity contribution is -0.149. The number of carbonyl (C=O) groups is 3. The number of hydrogen-bond acceptors (Lipinski definition) is 4. The van der Waals surface area contributed by atoms with Gasteiger partial charge in [-0.05, 0) is 37.3 Å². The van der Waals surface area contributed by atoms with Crippen molar-refractivity contribution in [2.24, 2.45) is 0 Å². The van der Waals surface area contributed by atoms with Crippen molar-refractivity contribution in [2.75, 3.05) is 18.1 Å². The van der Waals surface area contributed by atoms with Crippen LogP contribution in [0.15, 0.2) is 27.6 Å². The van der Waals surface area contributed by atoms with E-state index in [1.807, 2.05) is 18.4 Å². The number of nitrogens with zero attached hydrogens (tertiary/aromatic N) is 1. The second-order valence-electron chi connectivity index (χ2n) is 5.50. The lowest BCUT2D eigenvalue weighted by atomic mass is 10.2. The van der Waals surface area contributed by atoms with Gasteiger partial charge in [0.1, 0.15) is 6.04 Å². The van der Waals surface area contributed by atoms with Crippen LogP contribution >= 0.6 is 27.7 Å². The van der Waals surface area contributed by atoms with E-state index in [1.54, 1.807) is 6.07 Å². The number of hydrogen-bond donors (Lipinski definition) is 2. The Morgan fingerprint density at radius 3 is 2.91 bits per heavy atom. The van der Waals surface area contributed by atoms with Crippen molar-refractivity contribution in [3.8, 4) is 0 Å². The zero-order chi connectivity index (χ0) is 16.6. The summed E-state index contributed by atoms with van der Waals surface area (Å²) in [4.78, 5) is 39.0. The van der Waals surface area contributed by atoms with Gasteiger partial charge in [0.2, 0.25) is 5.91 Å². The summed E-state index contributed by atoms with van der Waals surface area (Å²) in [5, 5.41) is 5.44. The molecule has 2 N–H and O–H groups in total. The van der Waals surface area contributed by atoms with Crippen LogP contribution in [-0.2, 0) is 14.4 Å². The van der Waals surface area contributed by atoms with Crippen LogP contribution in [0.3, 0.4) is 0 Å². The molecule has 0 saturated carbocycles. The molecule has 1 aromatic carbocycles. The largest absolute Gasteiger partial charge is 0.352 e. The second-order valence-corrected chi connectivity index (χ2v) is 7.27. The molecule has 2 heterocycles. The van der Waals surface area contributed by atoms with Crippen LogP contribution in [0.25, 0.3) is 0 Å². The van der Waals surface area contributed by atoms with Crippen molar-refractivity contribution in [3.05, 3.63) is 22.7 Å². The number of nitrogens with one attached hydrogen (secondary N) is 2. The third kappa shape index (κ3) is 3.10. The molecule has 3 rings (SSSR count). The molecule has 2 aliphatic rings. The highest BCUT2D eigenvalue weighted by atomic mass is 79.9. The van der Waals surface area contributed by atoms with Gasteiger partial charge in [-0.1, -0.05) is 15.9 Å². The maximum Gasteiger partial charge on any atom is 0.313 e. The van der Waals surface area contributed by atoms with Crippen LogP contribution in [0, 0.1) is 0 Å². The van der Waals surface area contributed by atoms with Crippen molar-refractivity contribution >= 4 is 51.1 Å². The number of amides is 3. The minimum Gasteiger partial charge on any atom is -0.352 e. The quantitative estimate of drug-likeness (QED) is 0.586. The standard InChI is InChI=1S/C15H16BrN3O3S/c1-23-12-5-2-8(16)6-10(12)18-14(21)15(22)19-9-3-4-11(19)13(20)17-7-9/h2,5-6,9,11H,3-4,7H2,1H3,(H,17,20)(H,18,21). The van der Waals surface area contributed by atoms with E-state index in [0.29, 0.717) is 18.7 Å². The summed E-state index contributed by atoms with van der Waals surface area (Å²) < 4.78 is 0.815. The van der Waals surface area contributed by atoms with Gasteiger partial charge in [-0.25, -0.2) is 0 Å². The Kier molecular flexibility index (Phi) is 4.63. The zero-order valence-corrected chi connectivity index (χ0v) is 14.9.